The normalized spacial score (nSPS) is 10.9. The number of hydrogen-bond donors (Lipinski definition) is 0. The molecule has 0 aliphatic rings. The van der Waals surface area contributed by atoms with Gasteiger partial charge in [-0.1, -0.05) is 11.6 Å². The van der Waals surface area contributed by atoms with Gasteiger partial charge in [-0.3, -0.25) is 4.98 Å². The van der Waals surface area contributed by atoms with Gasteiger partial charge in [0.15, 0.2) is 0 Å². The Kier molecular flexibility index (Phi) is 3.45. The molecule has 72 valence electrons. The van der Waals surface area contributed by atoms with Gasteiger partial charge in [0.05, 0.1) is 11.6 Å². The Morgan fingerprint density at radius 1 is 1.54 bits per heavy atom. The van der Waals surface area contributed by atoms with Crippen molar-refractivity contribution in [3.8, 4) is 0 Å². The second-order valence-corrected chi connectivity index (χ2v) is 3.21. The average Bonchev–Trinajstić information content (AvgIpc) is 2.09. The Bertz CT molecular complexity index is 315. The molecule has 1 rings (SSSR count). The molecule has 1 heterocycles. The maximum absolute atomic E-state index is 12.4. The molecule has 0 fully saturated rings. The van der Waals surface area contributed by atoms with E-state index in [9.17, 15) is 8.78 Å². The lowest BCUT2D eigenvalue weighted by atomic mass is 10.2. The fraction of sp³-hybridized carbons (Fsp3) is 0.375. The molecule has 5 heteroatoms. The molecule has 13 heavy (non-hydrogen) atoms. The number of hydrogen-bond acceptors (Lipinski definition) is 1. The van der Waals surface area contributed by atoms with Gasteiger partial charge in [-0.05, 0) is 18.6 Å². The highest BCUT2D eigenvalue weighted by Gasteiger charge is 2.15. The second-order valence-electron chi connectivity index (χ2n) is 2.54. The number of nitrogens with zero attached hydrogens (tertiary/aromatic N) is 1. The molecular formula is C8H7Cl2F2N. The number of aromatic nitrogens is 1. The third kappa shape index (κ3) is 2.29. The summed E-state index contributed by atoms with van der Waals surface area (Å²) in [4.78, 5) is 3.68. The maximum Gasteiger partial charge on any atom is 0.280 e. The molecule has 1 aromatic rings. The number of rotatable bonds is 2. The van der Waals surface area contributed by atoms with Crippen LogP contribution in [-0.4, -0.2) is 4.98 Å². The smallest absolute Gasteiger partial charge is 0.250 e. The Balaban J connectivity index is 3.25. The van der Waals surface area contributed by atoms with Crippen molar-refractivity contribution in [2.75, 3.05) is 0 Å². The summed E-state index contributed by atoms with van der Waals surface area (Å²) in [6.07, 6.45) is -2.61. The highest BCUT2D eigenvalue weighted by Crippen LogP contribution is 2.26. The van der Waals surface area contributed by atoms with Gasteiger partial charge >= 0.3 is 0 Å². The Morgan fingerprint density at radius 2 is 2.15 bits per heavy atom. The first-order valence-electron chi connectivity index (χ1n) is 3.56. The molecule has 0 amide bonds. The Labute approximate surface area is 84.7 Å². The lowest BCUT2D eigenvalue weighted by Crippen LogP contribution is -1.98. The van der Waals surface area contributed by atoms with E-state index < -0.39 is 6.43 Å². The van der Waals surface area contributed by atoms with Crippen LogP contribution in [0.25, 0.3) is 0 Å². The zero-order chi connectivity index (χ0) is 10.0. The molecule has 0 saturated carbocycles. The van der Waals surface area contributed by atoms with Crippen LogP contribution in [0.5, 0.6) is 0 Å². The number of pyridine rings is 1. The van der Waals surface area contributed by atoms with E-state index >= 15 is 0 Å². The third-order valence-electron chi connectivity index (χ3n) is 1.64. The van der Waals surface area contributed by atoms with Gasteiger partial charge in [0.25, 0.3) is 6.43 Å². The summed E-state index contributed by atoms with van der Waals surface area (Å²) in [6.45, 7) is 1.51. The molecule has 0 saturated heterocycles. The molecule has 0 radical (unpaired) electrons. The van der Waals surface area contributed by atoms with Crippen LogP contribution in [0.2, 0.25) is 5.02 Å². The summed E-state index contributed by atoms with van der Waals surface area (Å²) in [5, 5.41) is 0.279. The minimum absolute atomic E-state index is 0.0831. The van der Waals surface area contributed by atoms with Gasteiger partial charge in [0.2, 0.25) is 0 Å². The maximum atomic E-state index is 12.4. The topological polar surface area (TPSA) is 12.9 Å². The minimum Gasteiger partial charge on any atom is -0.250 e. The minimum atomic E-state index is -2.61. The fourth-order valence-corrected chi connectivity index (χ4v) is 1.29. The van der Waals surface area contributed by atoms with Crippen molar-refractivity contribution in [3.63, 3.8) is 0 Å². The van der Waals surface area contributed by atoms with E-state index in [1.807, 2.05) is 0 Å². The van der Waals surface area contributed by atoms with Crippen LogP contribution in [0, 0.1) is 6.92 Å². The van der Waals surface area contributed by atoms with Crippen molar-refractivity contribution in [2.45, 2.75) is 19.2 Å². The van der Waals surface area contributed by atoms with E-state index in [1.165, 1.54) is 13.0 Å². The first-order valence-corrected chi connectivity index (χ1v) is 4.47. The van der Waals surface area contributed by atoms with Gasteiger partial charge in [-0.25, -0.2) is 8.78 Å². The SMILES string of the molecule is Cc1c(Cl)cc(CCl)nc1C(F)F. The standard InChI is InChI=1S/C8H7Cl2F2N/c1-4-6(10)2-5(3-9)13-7(4)8(11)12/h2,8H,3H2,1H3. The van der Waals surface area contributed by atoms with Gasteiger partial charge in [-0.2, -0.15) is 0 Å². The van der Waals surface area contributed by atoms with Crippen molar-refractivity contribution in [2.24, 2.45) is 0 Å². The van der Waals surface area contributed by atoms with Gasteiger partial charge in [0, 0.05) is 5.02 Å². The van der Waals surface area contributed by atoms with Crippen LogP contribution in [-0.2, 0) is 5.88 Å². The van der Waals surface area contributed by atoms with Crippen molar-refractivity contribution in [1.29, 1.82) is 0 Å². The van der Waals surface area contributed by atoms with Crippen LogP contribution in [0.3, 0.4) is 0 Å². The summed E-state index contributed by atoms with van der Waals surface area (Å²) in [6, 6.07) is 1.50. The molecule has 0 spiro atoms. The molecule has 0 N–H and O–H groups in total. The van der Waals surface area contributed by atoms with Crippen LogP contribution in [0.4, 0.5) is 8.78 Å². The lowest BCUT2D eigenvalue weighted by molar-refractivity contribution is 0.145. The predicted octanol–water partition coefficient (Wildman–Crippen LogP) is 3.72. The van der Waals surface area contributed by atoms with E-state index in [1.54, 1.807) is 0 Å². The van der Waals surface area contributed by atoms with Crippen LogP contribution < -0.4 is 0 Å². The second kappa shape index (κ2) is 4.20. The zero-order valence-electron chi connectivity index (χ0n) is 6.82. The van der Waals surface area contributed by atoms with Crippen molar-refractivity contribution >= 4 is 23.2 Å². The molecule has 0 aliphatic heterocycles. The molecule has 0 aromatic carbocycles. The highest BCUT2D eigenvalue weighted by atomic mass is 35.5. The first-order chi connectivity index (χ1) is 6.06. The molecular weight excluding hydrogens is 219 g/mol. The summed E-state index contributed by atoms with van der Waals surface area (Å²) in [5.41, 5.74) is 0.390. The molecule has 0 atom stereocenters. The lowest BCUT2D eigenvalue weighted by Gasteiger charge is -2.07. The summed E-state index contributed by atoms with van der Waals surface area (Å²) in [5.74, 6) is 0.0831. The van der Waals surface area contributed by atoms with Gasteiger partial charge in [-0.15, -0.1) is 11.6 Å². The van der Waals surface area contributed by atoms with Crippen molar-refractivity contribution < 1.29 is 8.78 Å². The summed E-state index contributed by atoms with van der Waals surface area (Å²) < 4.78 is 24.7. The number of alkyl halides is 3. The van der Waals surface area contributed by atoms with E-state index in [4.69, 9.17) is 23.2 Å². The molecule has 0 bridgehead atoms. The summed E-state index contributed by atoms with van der Waals surface area (Å²) in [7, 11) is 0. The van der Waals surface area contributed by atoms with E-state index in [2.05, 4.69) is 4.98 Å². The van der Waals surface area contributed by atoms with E-state index in [0.29, 0.717) is 11.3 Å². The Morgan fingerprint density at radius 3 is 2.62 bits per heavy atom. The summed E-state index contributed by atoms with van der Waals surface area (Å²) >= 11 is 11.2. The van der Waals surface area contributed by atoms with Crippen LogP contribution in [0.15, 0.2) is 6.07 Å². The Hall–Kier alpha value is -0.410. The van der Waals surface area contributed by atoms with E-state index in [0.717, 1.165) is 0 Å². The van der Waals surface area contributed by atoms with Crippen molar-refractivity contribution in [1.82, 2.24) is 4.98 Å². The van der Waals surface area contributed by atoms with Gasteiger partial charge < -0.3 is 0 Å². The predicted molar refractivity (Wildman–Crippen MR) is 48.5 cm³/mol. The fourth-order valence-electron chi connectivity index (χ4n) is 0.929. The first kappa shape index (κ1) is 10.7. The molecule has 1 aromatic heterocycles. The molecule has 0 aliphatic carbocycles. The van der Waals surface area contributed by atoms with E-state index in [-0.39, 0.29) is 16.6 Å². The quantitative estimate of drug-likeness (QED) is 0.700. The third-order valence-corrected chi connectivity index (χ3v) is 2.31. The molecule has 1 nitrogen and oxygen atoms in total. The van der Waals surface area contributed by atoms with Gasteiger partial charge in [0.1, 0.15) is 5.69 Å². The van der Waals surface area contributed by atoms with Crippen LogP contribution in [0.1, 0.15) is 23.4 Å². The zero-order valence-corrected chi connectivity index (χ0v) is 8.33. The number of halogens is 4. The highest BCUT2D eigenvalue weighted by molar-refractivity contribution is 6.31. The van der Waals surface area contributed by atoms with Crippen LogP contribution >= 0.6 is 23.2 Å². The largest absolute Gasteiger partial charge is 0.280 e. The monoisotopic (exact) mass is 225 g/mol. The van der Waals surface area contributed by atoms with Crippen molar-refractivity contribution in [3.05, 3.63) is 28.0 Å². The molecule has 0 unspecified atom stereocenters. The average molecular weight is 226 g/mol.